The predicted molar refractivity (Wildman–Crippen MR) is 174 cm³/mol. The molecule has 0 aliphatic carbocycles. The van der Waals surface area contributed by atoms with E-state index in [9.17, 15) is 9.59 Å². The first-order valence-corrected chi connectivity index (χ1v) is 16.0. The maximum atomic E-state index is 13.6. The number of aryl methyl sites for hydroxylation is 2. The van der Waals surface area contributed by atoms with Crippen LogP contribution in [-0.2, 0) is 23.1 Å². The van der Waals surface area contributed by atoms with Crippen molar-refractivity contribution in [3.63, 3.8) is 0 Å². The second-order valence-electron chi connectivity index (χ2n) is 13.2. The summed E-state index contributed by atoms with van der Waals surface area (Å²) in [5, 5.41) is 4.20. The number of amides is 2. The van der Waals surface area contributed by atoms with Gasteiger partial charge in [-0.1, -0.05) is 26.7 Å². The summed E-state index contributed by atoms with van der Waals surface area (Å²) in [7, 11) is 5.26. The van der Waals surface area contributed by atoms with Gasteiger partial charge >= 0.3 is 0 Å². The van der Waals surface area contributed by atoms with Crippen LogP contribution in [-0.4, -0.2) is 75.3 Å². The maximum absolute atomic E-state index is 13.6. The quantitative estimate of drug-likeness (QED) is 0.344. The number of hydrogen-bond donors (Lipinski definition) is 2. The van der Waals surface area contributed by atoms with Crippen LogP contribution in [0, 0.1) is 5.41 Å². The number of carbonyl (C=O) groups is 2. The van der Waals surface area contributed by atoms with Crippen molar-refractivity contribution in [2.24, 2.45) is 18.2 Å². The van der Waals surface area contributed by atoms with Crippen molar-refractivity contribution in [1.82, 2.24) is 29.3 Å². The minimum Gasteiger partial charge on any atom is -0.494 e. The largest absolute Gasteiger partial charge is 0.494 e. The lowest BCUT2D eigenvalue weighted by molar-refractivity contribution is -0.130. The molecule has 3 aromatic heterocycles. The van der Waals surface area contributed by atoms with Crippen LogP contribution in [0.3, 0.4) is 0 Å². The first kappa shape index (κ1) is 31.0. The van der Waals surface area contributed by atoms with Gasteiger partial charge in [0.15, 0.2) is 5.82 Å². The lowest BCUT2D eigenvalue weighted by Gasteiger charge is -2.36. The third-order valence-electron chi connectivity index (χ3n) is 9.67. The first-order valence-electron chi connectivity index (χ1n) is 16.0. The van der Waals surface area contributed by atoms with E-state index in [4.69, 9.17) is 25.2 Å². The van der Waals surface area contributed by atoms with Crippen molar-refractivity contribution in [2.45, 2.75) is 77.6 Å². The number of ether oxygens (including phenoxy) is 2. The maximum Gasteiger partial charge on any atom is 0.254 e. The third kappa shape index (κ3) is 5.68. The summed E-state index contributed by atoms with van der Waals surface area (Å²) in [5.41, 5.74) is 10.5. The fourth-order valence-corrected chi connectivity index (χ4v) is 6.83. The van der Waals surface area contributed by atoms with E-state index in [1.54, 1.807) is 25.2 Å². The molecule has 1 fully saturated rings. The molecule has 11 heteroatoms. The second kappa shape index (κ2) is 12.1. The normalized spacial score (nSPS) is 22.6. The highest BCUT2D eigenvalue weighted by molar-refractivity contribution is 6.00. The summed E-state index contributed by atoms with van der Waals surface area (Å²) in [6, 6.07) is 9.38. The minimum atomic E-state index is -0.439. The van der Waals surface area contributed by atoms with Crippen LogP contribution < -0.4 is 15.8 Å². The molecule has 240 valence electrons. The highest BCUT2D eigenvalue weighted by Crippen LogP contribution is 2.35. The molecule has 0 spiro atoms. The number of hydrogen-bond acceptors (Lipinski definition) is 7. The Labute approximate surface area is 264 Å². The van der Waals surface area contributed by atoms with Crippen molar-refractivity contribution in [1.29, 1.82) is 0 Å². The van der Waals surface area contributed by atoms with Crippen LogP contribution in [0.4, 0.5) is 0 Å². The number of nitrogens with zero attached hydrogens (tertiary/aromatic N) is 5. The first-order chi connectivity index (χ1) is 21.5. The Morgan fingerprint density at radius 2 is 1.89 bits per heavy atom. The molecule has 11 nitrogen and oxygen atoms in total. The molecule has 1 saturated heterocycles. The molecular formula is C34H45N7O4. The Morgan fingerprint density at radius 1 is 1.09 bits per heavy atom. The van der Waals surface area contributed by atoms with Gasteiger partial charge in [0.2, 0.25) is 5.91 Å². The summed E-state index contributed by atoms with van der Waals surface area (Å²) in [5.74, 6) is 1.31. The molecule has 45 heavy (non-hydrogen) atoms. The van der Waals surface area contributed by atoms with Crippen LogP contribution in [0.1, 0.15) is 75.0 Å². The smallest absolute Gasteiger partial charge is 0.254 e. The fraction of sp³-hybridized carbons (Fsp3) is 0.529. The predicted octanol–water partition coefficient (Wildman–Crippen LogP) is 4.56. The number of benzene rings is 1. The topological polar surface area (TPSA) is 130 Å². The number of likely N-dealkylation sites (tertiary alicyclic amines) is 1. The average Bonchev–Trinajstić information content (AvgIpc) is 3.55. The van der Waals surface area contributed by atoms with Gasteiger partial charge in [0.25, 0.3) is 5.91 Å². The molecule has 2 bridgehead atoms. The molecule has 2 amide bonds. The number of piperidine rings is 1. The van der Waals surface area contributed by atoms with Gasteiger partial charge in [0.1, 0.15) is 16.9 Å². The van der Waals surface area contributed by atoms with Crippen LogP contribution in [0.25, 0.3) is 33.6 Å². The second-order valence-corrected chi connectivity index (χ2v) is 13.2. The van der Waals surface area contributed by atoms with Crippen LogP contribution in [0.5, 0.6) is 5.75 Å². The number of carbonyl (C=O) groups excluding carboxylic acids is 2. The molecule has 2 aliphatic rings. The number of fused-ring (bicyclic) bond motifs is 2. The zero-order chi connectivity index (χ0) is 32.0. The van der Waals surface area contributed by atoms with E-state index >= 15 is 0 Å². The van der Waals surface area contributed by atoms with Gasteiger partial charge in [-0.3, -0.25) is 9.59 Å². The summed E-state index contributed by atoms with van der Waals surface area (Å²) < 4.78 is 15.6. The fourth-order valence-electron chi connectivity index (χ4n) is 6.83. The number of rotatable bonds is 4. The molecule has 5 heterocycles. The van der Waals surface area contributed by atoms with E-state index in [-0.39, 0.29) is 30.0 Å². The monoisotopic (exact) mass is 615 g/mol. The number of pyridine rings is 1. The van der Waals surface area contributed by atoms with Crippen molar-refractivity contribution >= 4 is 33.9 Å². The highest BCUT2D eigenvalue weighted by Gasteiger charge is 2.31. The van der Waals surface area contributed by atoms with Crippen molar-refractivity contribution in [2.75, 3.05) is 27.3 Å². The number of methoxy groups -OCH3 is 2. The van der Waals surface area contributed by atoms with Gasteiger partial charge in [0, 0.05) is 56.2 Å². The van der Waals surface area contributed by atoms with Crippen molar-refractivity contribution < 1.29 is 19.1 Å². The van der Waals surface area contributed by atoms with Crippen LogP contribution in [0.15, 0.2) is 30.3 Å². The molecule has 6 rings (SSSR count). The SMILES string of the molecule is COc1cc(C(=O)N2CC[C@@H](OC)[C@@H](N)C2)cc2nc(-c3cc4ccc5nc4n3CCCCCC(C)(C)C(=O)N[C@@H]5C)n(C)c12. The van der Waals surface area contributed by atoms with Crippen LogP contribution in [0.2, 0.25) is 0 Å². The summed E-state index contributed by atoms with van der Waals surface area (Å²) in [4.78, 5) is 38.7. The van der Waals surface area contributed by atoms with Gasteiger partial charge in [-0.25, -0.2) is 9.97 Å². The molecule has 1 aromatic carbocycles. The highest BCUT2D eigenvalue weighted by atomic mass is 16.5. The summed E-state index contributed by atoms with van der Waals surface area (Å²) in [6.45, 7) is 7.80. The van der Waals surface area contributed by atoms with E-state index < -0.39 is 5.41 Å². The Morgan fingerprint density at radius 3 is 2.62 bits per heavy atom. The van der Waals surface area contributed by atoms with E-state index in [0.29, 0.717) is 36.3 Å². The Balaban J connectivity index is 1.41. The average molecular weight is 616 g/mol. The number of nitrogens with two attached hydrogens (primary N) is 1. The number of imidazole rings is 1. The molecule has 0 radical (unpaired) electrons. The standard InChI is InChI=1S/C34H45N7O4/c1-20-24-11-10-21-17-26(41(30(21)37-24)14-9-7-8-13-34(2,3)33(43)36-20)31-38-25-16-22(18-28(45-6)29(25)39(31)4)32(42)40-15-12-27(44-5)23(35)19-40/h10-11,16-18,20,23,27H,7-9,12-15,19,35H2,1-6H3,(H,36,43)/t20-,23+,27-/m1/s1. The zero-order valence-corrected chi connectivity index (χ0v) is 27.2. The number of nitrogens with one attached hydrogen (secondary N) is 1. The number of aromatic nitrogens is 4. The van der Waals surface area contributed by atoms with E-state index in [0.717, 1.165) is 66.0 Å². The summed E-state index contributed by atoms with van der Waals surface area (Å²) in [6.07, 6.45) is 4.38. The third-order valence-corrected chi connectivity index (χ3v) is 9.67. The van der Waals surface area contributed by atoms with Gasteiger partial charge in [0.05, 0.1) is 36.2 Å². The van der Waals surface area contributed by atoms with Crippen molar-refractivity contribution in [3.8, 4) is 17.3 Å². The molecule has 0 unspecified atom stereocenters. The van der Waals surface area contributed by atoms with Gasteiger partial charge in [-0.2, -0.15) is 0 Å². The molecular weight excluding hydrogens is 570 g/mol. The van der Waals surface area contributed by atoms with Gasteiger partial charge in [-0.15, -0.1) is 0 Å². The zero-order valence-electron chi connectivity index (χ0n) is 27.2. The molecule has 2 aliphatic heterocycles. The Bertz CT molecular complexity index is 1760. The van der Waals surface area contributed by atoms with Gasteiger partial charge in [-0.05, 0) is 56.5 Å². The van der Waals surface area contributed by atoms with E-state index in [2.05, 4.69) is 22.0 Å². The van der Waals surface area contributed by atoms with E-state index in [1.165, 1.54) is 0 Å². The molecule has 4 aromatic rings. The molecule has 3 atom stereocenters. The molecule has 3 N–H and O–H groups in total. The molecule has 0 saturated carbocycles. The lowest BCUT2D eigenvalue weighted by Crippen LogP contribution is -2.53. The Kier molecular flexibility index (Phi) is 8.34. The summed E-state index contributed by atoms with van der Waals surface area (Å²) >= 11 is 0. The van der Waals surface area contributed by atoms with E-state index in [1.807, 2.05) is 44.5 Å². The minimum absolute atomic E-state index is 0.0529. The lowest BCUT2D eigenvalue weighted by atomic mass is 9.85. The van der Waals surface area contributed by atoms with Crippen molar-refractivity contribution in [3.05, 3.63) is 41.6 Å². The van der Waals surface area contributed by atoms with Crippen LogP contribution >= 0.6 is 0 Å². The Hall–Kier alpha value is -3.96. The van der Waals surface area contributed by atoms with Gasteiger partial charge < -0.3 is 34.6 Å².